The summed E-state index contributed by atoms with van der Waals surface area (Å²) in [5.74, 6) is 0.356. The molecule has 1 aromatic heterocycles. The van der Waals surface area contributed by atoms with Crippen LogP contribution in [-0.4, -0.2) is 33.3 Å². The number of anilines is 1. The second-order valence-electron chi connectivity index (χ2n) is 7.14. The Kier molecular flexibility index (Phi) is 5.58. The van der Waals surface area contributed by atoms with Crippen LogP contribution in [0.15, 0.2) is 18.3 Å². The molecule has 0 unspecified atom stereocenters. The van der Waals surface area contributed by atoms with Crippen molar-refractivity contribution >= 4 is 18.0 Å². The van der Waals surface area contributed by atoms with Crippen molar-refractivity contribution in [2.45, 2.75) is 59.3 Å². The van der Waals surface area contributed by atoms with E-state index in [0.29, 0.717) is 11.4 Å². The molecule has 0 saturated heterocycles. The van der Waals surface area contributed by atoms with Crippen LogP contribution < -0.4 is 5.73 Å². The van der Waals surface area contributed by atoms with Crippen molar-refractivity contribution in [3.63, 3.8) is 0 Å². The van der Waals surface area contributed by atoms with E-state index >= 15 is 0 Å². The zero-order valence-corrected chi connectivity index (χ0v) is 14.5. The van der Waals surface area contributed by atoms with Crippen molar-refractivity contribution in [3.8, 4) is 0 Å². The largest absolute Gasteiger partial charge is 0.443 e. The minimum absolute atomic E-state index is 0.0168. The number of hydrogen-bond acceptors (Lipinski definition) is 6. The number of imide groups is 1. The molecule has 0 atom stereocenters. The zero-order chi connectivity index (χ0) is 17.8. The van der Waals surface area contributed by atoms with E-state index in [0.717, 1.165) is 4.90 Å². The average Bonchev–Trinajstić information content (AvgIpc) is 2.33. The van der Waals surface area contributed by atoms with Gasteiger partial charge in [-0.2, -0.15) is 0 Å². The normalized spacial score (nSPS) is 11.7. The Hall–Kier alpha value is -2.31. The number of nitrogens with two attached hydrogens (primary N) is 1. The van der Waals surface area contributed by atoms with Crippen LogP contribution in [0, 0.1) is 0 Å². The van der Waals surface area contributed by atoms with Crippen LogP contribution in [0.3, 0.4) is 0 Å². The summed E-state index contributed by atoms with van der Waals surface area (Å²) in [6, 6.07) is 3.28. The average molecular weight is 323 g/mol. The minimum Gasteiger partial charge on any atom is -0.443 e. The van der Waals surface area contributed by atoms with Gasteiger partial charge in [0, 0.05) is 6.20 Å². The highest BCUT2D eigenvalue weighted by Crippen LogP contribution is 2.17. The highest BCUT2D eigenvalue weighted by atomic mass is 16.6. The van der Waals surface area contributed by atoms with Gasteiger partial charge in [-0.1, -0.05) is 6.07 Å². The van der Waals surface area contributed by atoms with E-state index in [-0.39, 0.29) is 6.54 Å². The lowest BCUT2D eigenvalue weighted by Crippen LogP contribution is -2.43. The monoisotopic (exact) mass is 323 g/mol. The van der Waals surface area contributed by atoms with Gasteiger partial charge in [0.25, 0.3) is 0 Å². The summed E-state index contributed by atoms with van der Waals surface area (Å²) < 4.78 is 10.5. The predicted octanol–water partition coefficient (Wildman–Crippen LogP) is 3.34. The maximum absolute atomic E-state index is 12.3. The number of amides is 2. The number of pyridine rings is 1. The Morgan fingerprint density at radius 3 is 1.87 bits per heavy atom. The molecule has 0 aliphatic heterocycles. The van der Waals surface area contributed by atoms with Gasteiger partial charge in [0.1, 0.15) is 17.0 Å². The molecule has 0 saturated carbocycles. The molecule has 2 amide bonds. The first-order valence-corrected chi connectivity index (χ1v) is 7.31. The first-order valence-electron chi connectivity index (χ1n) is 7.31. The topological polar surface area (TPSA) is 94.8 Å². The number of aromatic nitrogens is 1. The minimum atomic E-state index is -0.774. The summed E-state index contributed by atoms with van der Waals surface area (Å²) in [5, 5.41) is 0. The van der Waals surface area contributed by atoms with Gasteiger partial charge >= 0.3 is 12.2 Å². The lowest BCUT2D eigenvalue weighted by molar-refractivity contribution is -0.000254. The molecule has 1 heterocycles. The van der Waals surface area contributed by atoms with E-state index in [2.05, 4.69) is 4.98 Å². The highest BCUT2D eigenvalue weighted by molar-refractivity contribution is 5.88. The third-order valence-corrected chi connectivity index (χ3v) is 2.42. The van der Waals surface area contributed by atoms with Crippen LogP contribution in [0.1, 0.15) is 47.1 Å². The fourth-order valence-corrected chi connectivity index (χ4v) is 1.55. The molecule has 7 nitrogen and oxygen atoms in total. The van der Waals surface area contributed by atoms with Crippen LogP contribution in [-0.2, 0) is 16.0 Å². The third-order valence-electron chi connectivity index (χ3n) is 2.42. The Morgan fingerprint density at radius 1 is 1.04 bits per heavy atom. The first-order chi connectivity index (χ1) is 10.4. The van der Waals surface area contributed by atoms with E-state index in [4.69, 9.17) is 15.2 Å². The van der Waals surface area contributed by atoms with Crippen molar-refractivity contribution in [1.29, 1.82) is 0 Å². The Morgan fingerprint density at radius 2 is 1.52 bits per heavy atom. The van der Waals surface area contributed by atoms with Gasteiger partial charge < -0.3 is 15.2 Å². The third kappa shape index (κ3) is 6.99. The molecular formula is C16H25N3O4. The van der Waals surface area contributed by atoms with Gasteiger partial charge in [-0.3, -0.25) is 0 Å². The number of ether oxygens (including phenoxy) is 2. The molecular weight excluding hydrogens is 298 g/mol. The number of nitrogen functional groups attached to an aromatic ring is 1. The molecule has 1 rings (SSSR count). The molecule has 0 spiro atoms. The van der Waals surface area contributed by atoms with Crippen molar-refractivity contribution in [3.05, 3.63) is 23.9 Å². The Bertz CT molecular complexity index is 528. The van der Waals surface area contributed by atoms with Crippen molar-refractivity contribution in [2.24, 2.45) is 0 Å². The van der Waals surface area contributed by atoms with E-state index < -0.39 is 23.4 Å². The van der Waals surface area contributed by atoms with Gasteiger partial charge in [-0.25, -0.2) is 19.5 Å². The number of hydrogen-bond donors (Lipinski definition) is 1. The molecule has 128 valence electrons. The molecule has 7 heteroatoms. The summed E-state index contributed by atoms with van der Waals surface area (Å²) in [6.07, 6.45) is -0.0518. The van der Waals surface area contributed by atoms with Crippen LogP contribution in [0.25, 0.3) is 0 Å². The van der Waals surface area contributed by atoms with Gasteiger partial charge in [-0.05, 0) is 53.2 Å². The summed E-state index contributed by atoms with van der Waals surface area (Å²) in [4.78, 5) is 29.5. The fourth-order valence-electron chi connectivity index (χ4n) is 1.55. The molecule has 0 aliphatic carbocycles. The number of carbonyl (C=O) groups excluding carboxylic acids is 2. The van der Waals surface area contributed by atoms with Crippen molar-refractivity contribution < 1.29 is 19.1 Å². The molecule has 0 bridgehead atoms. The lowest BCUT2D eigenvalue weighted by atomic mass is 10.2. The summed E-state index contributed by atoms with van der Waals surface area (Å²) in [7, 11) is 0. The van der Waals surface area contributed by atoms with E-state index in [1.54, 1.807) is 53.7 Å². The second kappa shape index (κ2) is 6.85. The standard InChI is InChI=1S/C16H25N3O4/c1-15(2,3)22-13(20)19(14(21)23-16(4,5)6)10-11-7-8-12(17)18-9-11/h7-9H,10H2,1-6H3,(H2,17,18). The van der Waals surface area contributed by atoms with Gasteiger partial charge in [0.2, 0.25) is 0 Å². The van der Waals surface area contributed by atoms with E-state index in [1.165, 1.54) is 6.20 Å². The summed E-state index contributed by atoms with van der Waals surface area (Å²) in [5.41, 5.74) is 4.72. The van der Waals surface area contributed by atoms with Crippen LogP contribution in [0.2, 0.25) is 0 Å². The maximum atomic E-state index is 12.3. The quantitative estimate of drug-likeness (QED) is 0.897. The maximum Gasteiger partial charge on any atom is 0.420 e. The number of nitrogens with zero attached hydrogens (tertiary/aromatic N) is 2. The van der Waals surface area contributed by atoms with E-state index in [1.807, 2.05) is 0 Å². The number of rotatable bonds is 2. The van der Waals surface area contributed by atoms with Gasteiger partial charge in [0.05, 0.1) is 6.54 Å². The number of carbonyl (C=O) groups is 2. The zero-order valence-electron chi connectivity index (χ0n) is 14.5. The molecule has 0 fully saturated rings. The smallest absolute Gasteiger partial charge is 0.420 e. The van der Waals surface area contributed by atoms with Crippen molar-refractivity contribution in [1.82, 2.24) is 9.88 Å². The van der Waals surface area contributed by atoms with Crippen LogP contribution in [0.4, 0.5) is 15.4 Å². The predicted molar refractivity (Wildman–Crippen MR) is 86.7 cm³/mol. The van der Waals surface area contributed by atoms with Crippen molar-refractivity contribution in [2.75, 3.05) is 5.73 Å². The van der Waals surface area contributed by atoms with E-state index in [9.17, 15) is 9.59 Å². The second-order valence-corrected chi connectivity index (χ2v) is 7.14. The summed E-state index contributed by atoms with van der Waals surface area (Å²) in [6.45, 7) is 10.3. The molecule has 0 radical (unpaired) electrons. The Balaban J connectivity index is 2.98. The molecule has 23 heavy (non-hydrogen) atoms. The molecule has 2 N–H and O–H groups in total. The van der Waals surface area contributed by atoms with Gasteiger partial charge in [-0.15, -0.1) is 0 Å². The van der Waals surface area contributed by atoms with Gasteiger partial charge in [0.15, 0.2) is 0 Å². The SMILES string of the molecule is CC(C)(C)OC(=O)N(Cc1ccc(N)nc1)C(=O)OC(C)(C)C. The fraction of sp³-hybridized carbons (Fsp3) is 0.562. The Labute approximate surface area is 136 Å². The lowest BCUT2D eigenvalue weighted by Gasteiger charge is -2.28. The van der Waals surface area contributed by atoms with Crippen LogP contribution >= 0.6 is 0 Å². The summed E-state index contributed by atoms with van der Waals surface area (Å²) >= 11 is 0. The molecule has 1 aromatic rings. The first kappa shape index (κ1) is 18.7. The molecule has 0 aliphatic rings. The van der Waals surface area contributed by atoms with Crippen LogP contribution in [0.5, 0.6) is 0 Å². The highest BCUT2D eigenvalue weighted by Gasteiger charge is 2.31. The molecule has 0 aromatic carbocycles.